The average Bonchev–Trinajstić information content (AvgIpc) is 3.01. The molecule has 2 aromatic carbocycles. The Balaban J connectivity index is 1.71. The van der Waals surface area contributed by atoms with Crippen molar-refractivity contribution in [1.82, 2.24) is 4.98 Å². The Labute approximate surface area is 149 Å². The van der Waals surface area contributed by atoms with Crippen LogP contribution in [0.2, 0.25) is 0 Å². The number of halogens is 1. The van der Waals surface area contributed by atoms with Crippen LogP contribution in [0.15, 0.2) is 59.0 Å². The molecule has 5 nitrogen and oxygen atoms in total. The first kappa shape index (κ1) is 17.4. The molecule has 0 aliphatic heterocycles. The molecule has 3 rings (SSSR count). The van der Waals surface area contributed by atoms with Crippen LogP contribution in [-0.2, 0) is 11.4 Å². The van der Waals surface area contributed by atoms with Gasteiger partial charge in [0.1, 0.15) is 18.1 Å². The van der Waals surface area contributed by atoms with Gasteiger partial charge in [0.15, 0.2) is 11.6 Å². The van der Waals surface area contributed by atoms with Gasteiger partial charge >= 0.3 is 5.97 Å². The van der Waals surface area contributed by atoms with E-state index in [0.717, 1.165) is 11.6 Å². The molecule has 132 valence electrons. The molecular weight excluding hydrogens is 337 g/mol. The number of ether oxygens (including phenoxy) is 1. The van der Waals surface area contributed by atoms with Gasteiger partial charge in [-0.3, -0.25) is 0 Å². The number of hydrogen-bond acceptors (Lipinski definition) is 4. The number of hydrogen-bond donors (Lipinski definition) is 1. The highest BCUT2D eigenvalue weighted by Gasteiger charge is 2.13. The summed E-state index contributed by atoms with van der Waals surface area (Å²) in [7, 11) is 0. The van der Waals surface area contributed by atoms with Gasteiger partial charge in [-0.05, 0) is 42.8 Å². The lowest BCUT2D eigenvalue weighted by Crippen LogP contribution is -1.99. The molecule has 0 amide bonds. The minimum absolute atomic E-state index is 0.0566. The van der Waals surface area contributed by atoms with Crippen LogP contribution in [0.5, 0.6) is 5.75 Å². The second-order valence-electron chi connectivity index (χ2n) is 5.54. The molecule has 1 aromatic heterocycles. The number of carboxylic acid groups (broad SMARTS) is 1. The molecule has 0 spiro atoms. The maximum atomic E-state index is 14.1. The van der Waals surface area contributed by atoms with Crippen molar-refractivity contribution in [3.8, 4) is 17.2 Å². The maximum Gasteiger partial charge on any atom is 0.328 e. The van der Waals surface area contributed by atoms with Crippen LogP contribution in [0.25, 0.3) is 17.5 Å². The molecule has 0 saturated heterocycles. The Morgan fingerprint density at radius 3 is 2.73 bits per heavy atom. The topological polar surface area (TPSA) is 72.6 Å². The monoisotopic (exact) mass is 353 g/mol. The van der Waals surface area contributed by atoms with E-state index in [1.807, 2.05) is 30.3 Å². The highest BCUT2D eigenvalue weighted by molar-refractivity contribution is 5.85. The van der Waals surface area contributed by atoms with Gasteiger partial charge in [-0.2, -0.15) is 0 Å². The number of carbonyl (C=O) groups is 1. The molecule has 0 unspecified atom stereocenters. The Morgan fingerprint density at radius 1 is 1.27 bits per heavy atom. The summed E-state index contributed by atoms with van der Waals surface area (Å²) in [6.07, 6.45) is 2.25. The van der Waals surface area contributed by atoms with Crippen LogP contribution in [0.1, 0.15) is 17.0 Å². The molecule has 0 fully saturated rings. The summed E-state index contributed by atoms with van der Waals surface area (Å²) in [4.78, 5) is 14.9. The SMILES string of the molecule is Cc1oc(-c2ccccc2)nc1COc1ccc(/C=C/C(=O)O)cc1F. The van der Waals surface area contributed by atoms with Gasteiger partial charge in [0.05, 0.1) is 0 Å². The number of benzene rings is 2. The summed E-state index contributed by atoms with van der Waals surface area (Å²) in [5.41, 5.74) is 1.86. The number of oxazole rings is 1. The standard InChI is InChI=1S/C20H16FNO4/c1-13-17(22-20(26-13)15-5-3-2-4-6-15)12-25-18-9-7-14(11-16(18)21)8-10-19(23)24/h2-11H,12H2,1H3,(H,23,24)/b10-8+. The van der Waals surface area contributed by atoms with E-state index in [0.29, 0.717) is 22.9 Å². The highest BCUT2D eigenvalue weighted by Crippen LogP contribution is 2.24. The summed E-state index contributed by atoms with van der Waals surface area (Å²) < 4.78 is 25.2. The Hall–Kier alpha value is -3.41. The number of nitrogens with zero attached hydrogens (tertiary/aromatic N) is 1. The Morgan fingerprint density at radius 2 is 2.04 bits per heavy atom. The lowest BCUT2D eigenvalue weighted by Gasteiger charge is -2.06. The van der Waals surface area contributed by atoms with Crippen molar-refractivity contribution in [3.63, 3.8) is 0 Å². The third-order valence-corrected chi connectivity index (χ3v) is 3.65. The third kappa shape index (κ3) is 4.16. The van der Waals surface area contributed by atoms with Crippen LogP contribution >= 0.6 is 0 Å². The van der Waals surface area contributed by atoms with Crippen LogP contribution < -0.4 is 4.74 Å². The van der Waals surface area contributed by atoms with Gasteiger partial charge in [0.25, 0.3) is 0 Å². The first-order valence-electron chi connectivity index (χ1n) is 7.88. The number of aliphatic carboxylic acids is 1. The molecule has 0 aliphatic rings. The fraction of sp³-hybridized carbons (Fsp3) is 0.100. The van der Waals surface area contributed by atoms with Crippen molar-refractivity contribution in [2.45, 2.75) is 13.5 Å². The van der Waals surface area contributed by atoms with Crippen molar-refractivity contribution in [1.29, 1.82) is 0 Å². The largest absolute Gasteiger partial charge is 0.484 e. The Kier molecular flexibility index (Phi) is 5.12. The number of aromatic nitrogens is 1. The van der Waals surface area contributed by atoms with Crippen LogP contribution in [0, 0.1) is 12.7 Å². The number of carboxylic acids is 1. The fourth-order valence-corrected chi connectivity index (χ4v) is 2.32. The molecule has 1 N–H and O–H groups in total. The lowest BCUT2D eigenvalue weighted by molar-refractivity contribution is -0.131. The predicted octanol–water partition coefficient (Wildman–Crippen LogP) is 4.47. The number of aryl methyl sites for hydroxylation is 1. The zero-order chi connectivity index (χ0) is 18.5. The van der Waals surface area contributed by atoms with E-state index < -0.39 is 11.8 Å². The summed E-state index contributed by atoms with van der Waals surface area (Å²) in [5, 5.41) is 8.60. The summed E-state index contributed by atoms with van der Waals surface area (Å²) in [6, 6.07) is 13.7. The summed E-state index contributed by atoms with van der Waals surface area (Å²) in [6.45, 7) is 1.83. The quantitative estimate of drug-likeness (QED) is 0.662. The second kappa shape index (κ2) is 7.65. The minimum Gasteiger partial charge on any atom is -0.484 e. The van der Waals surface area contributed by atoms with Gasteiger partial charge in [-0.25, -0.2) is 14.2 Å². The first-order chi connectivity index (χ1) is 12.5. The molecule has 0 atom stereocenters. The van der Waals surface area contributed by atoms with Gasteiger partial charge in [-0.1, -0.05) is 24.3 Å². The Bertz CT molecular complexity index is 948. The van der Waals surface area contributed by atoms with Gasteiger partial charge in [0.2, 0.25) is 5.89 Å². The molecular formula is C20H16FNO4. The minimum atomic E-state index is -1.10. The predicted molar refractivity (Wildman–Crippen MR) is 94.1 cm³/mol. The average molecular weight is 353 g/mol. The molecule has 0 aliphatic carbocycles. The molecule has 6 heteroatoms. The molecule has 0 saturated carbocycles. The van der Waals surface area contributed by atoms with Crippen molar-refractivity contribution in [2.24, 2.45) is 0 Å². The van der Waals surface area contributed by atoms with E-state index >= 15 is 0 Å². The van der Waals surface area contributed by atoms with E-state index in [-0.39, 0.29) is 12.4 Å². The smallest absolute Gasteiger partial charge is 0.328 e. The molecule has 0 radical (unpaired) electrons. The highest BCUT2D eigenvalue weighted by atomic mass is 19.1. The van der Waals surface area contributed by atoms with E-state index in [2.05, 4.69) is 4.98 Å². The van der Waals surface area contributed by atoms with E-state index in [9.17, 15) is 9.18 Å². The summed E-state index contributed by atoms with van der Waals surface area (Å²) in [5.74, 6) is -0.536. The van der Waals surface area contributed by atoms with Crippen molar-refractivity contribution >= 4 is 12.0 Å². The molecule has 26 heavy (non-hydrogen) atoms. The van der Waals surface area contributed by atoms with Crippen LogP contribution in [0.3, 0.4) is 0 Å². The van der Waals surface area contributed by atoms with Gasteiger partial charge < -0.3 is 14.3 Å². The zero-order valence-electron chi connectivity index (χ0n) is 14.0. The van der Waals surface area contributed by atoms with Crippen LogP contribution in [0.4, 0.5) is 4.39 Å². The van der Waals surface area contributed by atoms with E-state index in [1.54, 1.807) is 13.0 Å². The van der Waals surface area contributed by atoms with Gasteiger partial charge in [0, 0.05) is 11.6 Å². The van der Waals surface area contributed by atoms with Crippen LogP contribution in [-0.4, -0.2) is 16.1 Å². The first-order valence-corrected chi connectivity index (χ1v) is 7.88. The normalized spacial score (nSPS) is 11.0. The lowest BCUT2D eigenvalue weighted by atomic mass is 10.2. The number of rotatable bonds is 6. The van der Waals surface area contributed by atoms with Crippen molar-refractivity contribution in [2.75, 3.05) is 0 Å². The van der Waals surface area contributed by atoms with Crippen molar-refractivity contribution in [3.05, 3.63) is 77.4 Å². The van der Waals surface area contributed by atoms with Crippen molar-refractivity contribution < 1.29 is 23.4 Å². The maximum absolute atomic E-state index is 14.1. The molecule has 0 bridgehead atoms. The third-order valence-electron chi connectivity index (χ3n) is 3.65. The van der Waals surface area contributed by atoms with Gasteiger partial charge in [-0.15, -0.1) is 0 Å². The summed E-state index contributed by atoms with van der Waals surface area (Å²) >= 11 is 0. The fourth-order valence-electron chi connectivity index (χ4n) is 2.32. The second-order valence-corrected chi connectivity index (χ2v) is 5.54. The molecule has 3 aromatic rings. The van der Waals surface area contributed by atoms with E-state index in [4.69, 9.17) is 14.3 Å². The molecule has 1 heterocycles. The van der Waals surface area contributed by atoms with E-state index in [1.165, 1.54) is 18.2 Å². The zero-order valence-corrected chi connectivity index (χ0v) is 14.0.